The van der Waals surface area contributed by atoms with Crippen molar-refractivity contribution in [3.8, 4) is 0 Å². The number of amides is 4. The molecule has 2 aromatic rings. The van der Waals surface area contributed by atoms with Gasteiger partial charge in [0.05, 0.1) is 6.54 Å². The molecule has 5 rings (SSSR count). The van der Waals surface area contributed by atoms with Crippen molar-refractivity contribution in [2.24, 2.45) is 0 Å². The lowest BCUT2D eigenvalue weighted by atomic mass is 9.76. The third kappa shape index (κ3) is 3.12. The number of ketones is 1. The Kier molecular flexibility index (Phi) is 4.61. The summed E-state index contributed by atoms with van der Waals surface area (Å²) in [5.74, 6) is -0.668. The van der Waals surface area contributed by atoms with Crippen LogP contribution in [-0.2, 0) is 21.5 Å². The van der Waals surface area contributed by atoms with E-state index in [0.717, 1.165) is 35.3 Å². The van der Waals surface area contributed by atoms with E-state index in [9.17, 15) is 19.2 Å². The van der Waals surface area contributed by atoms with Gasteiger partial charge in [-0.15, -0.1) is 0 Å². The van der Waals surface area contributed by atoms with Gasteiger partial charge in [0.15, 0.2) is 5.78 Å². The number of benzene rings is 2. The van der Waals surface area contributed by atoms with E-state index >= 15 is 0 Å². The number of nitrogens with one attached hydrogen (secondary N) is 1. The first-order chi connectivity index (χ1) is 15.0. The van der Waals surface area contributed by atoms with Crippen LogP contribution in [0.25, 0.3) is 0 Å². The van der Waals surface area contributed by atoms with Crippen LogP contribution in [0.3, 0.4) is 0 Å². The molecule has 0 unspecified atom stereocenters. The second-order valence-corrected chi connectivity index (χ2v) is 8.36. The van der Waals surface area contributed by atoms with Gasteiger partial charge in [0.1, 0.15) is 5.54 Å². The normalized spacial score (nSPS) is 22.8. The van der Waals surface area contributed by atoms with Gasteiger partial charge in [0, 0.05) is 24.2 Å². The van der Waals surface area contributed by atoms with Gasteiger partial charge in [-0.1, -0.05) is 36.4 Å². The van der Waals surface area contributed by atoms with Crippen LogP contribution in [0, 0.1) is 0 Å². The van der Waals surface area contributed by atoms with Crippen LogP contribution < -0.4 is 10.2 Å². The van der Waals surface area contributed by atoms with E-state index in [-0.39, 0.29) is 24.1 Å². The average molecular weight is 417 g/mol. The zero-order valence-electron chi connectivity index (χ0n) is 17.1. The van der Waals surface area contributed by atoms with Gasteiger partial charge < -0.3 is 10.2 Å². The summed E-state index contributed by atoms with van der Waals surface area (Å²) in [5.41, 5.74) is 1.84. The van der Waals surface area contributed by atoms with Crippen molar-refractivity contribution >= 4 is 29.3 Å². The second kappa shape index (κ2) is 7.34. The molecular formula is C24H23N3O4. The molecule has 2 fully saturated rings. The standard InChI is InChI=1S/C24H23N3O4/c28-20(17-7-3-9-18(14-17)26-13-5-11-21(26)29)15-27-22(30)24(25-23(27)31)12-4-8-16-6-1-2-10-19(16)24/h1-3,6-7,9-10,14H,4-5,8,11-13,15H2,(H,25,31)/t24-/m1/s1. The molecule has 3 aliphatic rings. The maximum absolute atomic E-state index is 13.4. The highest BCUT2D eigenvalue weighted by Gasteiger charge is 2.54. The van der Waals surface area contributed by atoms with Gasteiger partial charge in [0.25, 0.3) is 5.91 Å². The zero-order valence-corrected chi connectivity index (χ0v) is 17.1. The van der Waals surface area contributed by atoms with E-state index in [1.807, 2.05) is 24.3 Å². The van der Waals surface area contributed by atoms with Crippen molar-refractivity contribution in [1.82, 2.24) is 10.2 Å². The molecule has 2 aromatic carbocycles. The zero-order chi connectivity index (χ0) is 21.6. The van der Waals surface area contributed by atoms with Crippen molar-refractivity contribution in [2.45, 2.75) is 37.6 Å². The number of carbonyl (C=O) groups excluding carboxylic acids is 4. The molecule has 0 saturated carbocycles. The van der Waals surface area contributed by atoms with Crippen LogP contribution in [-0.4, -0.2) is 41.6 Å². The number of rotatable bonds is 4. The SMILES string of the molecule is O=C(CN1C(=O)N[C@@]2(CCCc3ccccc32)C1=O)c1cccc(N2CCCC2=O)c1. The molecule has 2 heterocycles. The summed E-state index contributed by atoms with van der Waals surface area (Å²) in [7, 11) is 0. The Morgan fingerprint density at radius 3 is 2.65 bits per heavy atom. The first-order valence-corrected chi connectivity index (χ1v) is 10.7. The first kappa shape index (κ1) is 19.5. The molecule has 1 spiro atoms. The van der Waals surface area contributed by atoms with Crippen LogP contribution in [0.2, 0.25) is 0 Å². The molecule has 2 aliphatic heterocycles. The lowest BCUT2D eigenvalue weighted by Gasteiger charge is -2.33. The Morgan fingerprint density at radius 2 is 1.84 bits per heavy atom. The maximum Gasteiger partial charge on any atom is 0.325 e. The van der Waals surface area contributed by atoms with Crippen LogP contribution in [0.1, 0.15) is 47.2 Å². The highest BCUT2D eigenvalue weighted by molar-refractivity contribution is 6.12. The number of imide groups is 1. The Balaban J connectivity index is 1.39. The third-order valence-corrected chi connectivity index (χ3v) is 6.51. The summed E-state index contributed by atoms with van der Waals surface area (Å²) in [4.78, 5) is 53.8. The number of urea groups is 1. The van der Waals surface area contributed by atoms with Gasteiger partial charge >= 0.3 is 6.03 Å². The predicted molar refractivity (Wildman–Crippen MR) is 114 cm³/mol. The van der Waals surface area contributed by atoms with E-state index < -0.39 is 11.6 Å². The molecule has 7 nitrogen and oxygen atoms in total. The number of fused-ring (bicyclic) bond motifs is 2. The number of hydrogen-bond acceptors (Lipinski definition) is 4. The summed E-state index contributed by atoms with van der Waals surface area (Å²) in [6, 6.07) is 13.9. The fourth-order valence-corrected chi connectivity index (χ4v) is 4.96. The Morgan fingerprint density at radius 1 is 1.00 bits per heavy atom. The lowest BCUT2D eigenvalue weighted by Crippen LogP contribution is -2.46. The third-order valence-electron chi connectivity index (χ3n) is 6.51. The van der Waals surface area contributed by atoms with Crippen LogP contribution in [0.5, 0.6) is 0 Å². The molecule has 0 radical (unpaired) electrons. The summed E-state index contributed by atoms with van der Waals surface area (Å²) >= 11 is 0. The Hall–Kier alpha value is -3.48. The van der Waals surface area contributed by atoms with Crippen molar-refractivity contribution in [3.05, 3.63) is 65.2 Å². The predicted octanol–water partition coefficient (Wildman–Crippen LogP) is 2.78. The molecule has 0 aromatic heterocycles. The monoisotopic (exact) mass is 417 g/mol. The topological polar surface area (TPSA) is 86.8 Å². The van der Waals surface area contributed by atoms with E-state index in [2.05, 4.69) is 5.32 Å². The minimum Gasteiger partial charge on any atom is -0.319 e. The molecule has 158 valence electrons. The number of carbonyl (C=O) groups is 4. The molecule has 0 bridgehead atoms. The lowest BCUT2D eigenvalue weighted by molar-refractivity contribution is -0.131. The van der Waals surface area contributed by atoms with Crippen molar-refractivity contribution in [2.75, 3.05) is 18.0 Å². The second-order valence-electron chi connectivity index (χ2n) is 8.36. The summed E-state index contributed by atoms with van der Waals surface area (Å²) in [6.07, 6.45) is 3.47. The fourth-order valence-electron chi connectivity index (χ4n) is 4.96. The molecule has 2 saturated heterocycles. The molecule has 31 heavy (non-hydrogen) atoms. The summed E-state index contributed by atoms with van der Waals surface area (Å²) < 4.78 is 0. The van der Waals surface area contributed by atoms with Crippen molar-refractivity contribution < 1.29 is 19.2 Å². The molecular weight excluding hydrogens is 394 g/mol. The van der Waals surface area contributed by atoms with E-state index in [1.165, 1.54) is 0 Å². The first-order valence-electron chi connectivity index (χ1n) is 10.7. The van der Waals surface area contributed by atoms with Gasteiger partial charge in [-0.25, -0.2) is 4.79 Å². The van der Waals surface area contributed by atoms with Crippen LogP contribution in [0.4, 0.5) is 10.5 Å². The number of anilines is 1. The van der Waals surface area contributed by atoms with E-state index in [1.54, 1.807) is 29.2 Å². The van der Waals surface area contributed by atoms with Crippen LogP contribution >= 0.6 is 0 Å². The molecule has 7 heteroatoms. The fraction of sp³-hybridized carbons (Fsp3) is 0.333. The summed E-state index contributed by atoms with van der Waals surface area (Å²) in [6.45, 7) is 0.303. The van der Waals surface area contributed by atoms with Crippen molar-refractivity contribution in [1.29, 1.82) is 0 Å². The van der Waals surface area contributed by atoms with E-state index in [4.69, 9.17) is 0 Å². The molecule has 1 N–H and O–H groups in total. The molecule has 1 aliphatic carbocycles. The highest BCUT2D eigenvalue weighted by Crippen LogP contribution is 2.40. The number of aryl methyl sites for hydroxylation is 1. The average Bonchev–Trinajstić information content (AvgIpc) is 3.31. The van der Waals surface area contributed by atoms with Crippen LogP contribution in [0.15, 0.2) is 48.5 Å². The summed E-state index contributed by atoms with van der Waals surface area (Å²) in [5, 5.41) is 2.88. The Bertz CT molecular complexity index is 1110. The number of hydrogen-bond donors (Lipinski definition) is 1. The van der Waals surface area contributed by atoms with Gasteiger partial charge in [-0.2, -0.15) is 0 Å². The highest BCUT2D eigenvalue weighted by atomic mass is 16.2. The largest absolute Gasteiger partial charge is 0.325 e. The minimum absolute atomic E-state index is 0.0385. The van der Waals surface area contributed by atoms with Gasteiger partial charge in [0.2, 0.25) is 5.91 Å². The number of Topliss-reactive ketones (excluding diaryl/α,β-unsaturated/α-hetero) is 1. The smallest absolute Gasteiger partial charge is 0.319 e. The quantitative estimate of drug-likeness (QED) is 0.612. The van der Waals surface area contributed by atoms with Crippen molar-refractivity contribution in [3.63, 3.8) is 0 Å². The Labute approximate surface area is 180 Å². The maximum atomic E-state index is 13.4. The van der Waals surface area contributed by atoms with Gasteiger partial charge in [-0.05, 0) is 48.9 Å². The van der Waals surface area contributed by atoms with Gasteiger partial charge in [-0.3, -0.25) is 19.3 Å². The molecule has 4 amide bonds. The van der Waals surface area contributed by atoms with E-state index in [0.29, 0.717) is 30.6 Å². The number of nitrogens with zero attached hydrogens (tertiary/aromatic N) is 2. The minimum atomic E-state index is -1.09. The molecule has 1 atom stereocenters.